The Hall–Kier alpha value is -2.23. The van der Waals surface area contributed by atoms with Gasteiger partial charge < -0.3 is 10.3 Å². The van der Waals surface area contributed by atoms with Crippen molar-refractivity contribution in [1.29, 1.82) is 0 Å². The molecule has 1 atom stereocenters. The highest BCUT2D eigenvalue weighted by Crippen LogP contribution is 2.30. The molecule has 1 aliphatic heterocycles. The molecular formula is C20H22FN3O3S2. The molecule has 9 heteroatoms. The van der Waals surface area contributed by atoms with Crippen LogP contribution in [0.15, 0.2) is 40.7 Å². The van der Waals surface area contributed by atoms with E-state index in [1.54, 1.807) is 18.2 Å². The highest BCUT2D eigenvalue weighted by Gasteiger charge is 2.39. The van der Waals surface area contributed by atoms with Crippen LogP contribution in [0.25, 0.3) is 10.9 Å². The number of H-pyrrole nitrogens is 1. The van der Waals surface area contributed by atoms with E-state index < -0.39 is 16.1 Å². The van der Waals surface area contributed by atoms with Crippen LogP contribution < -0.4 is 5.32 Å². The van der Waals surface area contributed by atoms with Crippen LogP contribution in [0.5, 0.6) is 0 Å². The number of amides is 1. The Balaban J connectivity index is 1.41. The third-order valence-electron chi connectivity index (χ3n) is 5.21. The summed E-state index contributed by atoms with van der Waals surface area (Å²) in [5.41, 5.74) is 1.69. The van der Waals surface area contributed by atoms with Gasteiger partial charge in [0.05, 0.1) is 0 Å². The van der Waals surface area contributed by atoms with Crippen LogP contribution in [-0.2, 0) is 21.2 Å². The first kappa shape index (κ1) is 20.1. The molecular weight excluding hydrogens is 413 g/mol. The predicted molar refractivity (Wildman–Crippen MR) is 111 cm³/mol. The summed E-state index contributed by atoms with van der Waals surface area (Å²) in [5.74, 6) is -0.576. The van der Waals surface area contributed by atoms with Gasteiger partial charge in [0.1, 0.15) is 16.1 Å². The first-order valence-electron chi connectivity index (χ1n) is 9.48. The molecule has 4 rings (SSSR count). The third-order valence-corrected chi connectivity index (χ3v) is 8.58. The average molecular weight is 436 g/mol. The third kappa shape index (κ3) is 3.94. The molecule has 0 aliphatic carbocycles. The van der Waals surface area contributed by atoms with Gasteiger partial charge in [0.25, 0.3) is 10.0 Å². The van der Waals surface area contributed by atoms with Crippen molar-refractivity contribution in [3.63, 3.8) is 0 Å². The lowest BCUT2D eigenvalue weighted by Gasteiger charge is -2.22. The minimum Gasteiger partial charge on any atom is -0.361 e. The number of hydrogen-bond acceptors (Lipinski definition) is 4. The van der Waals surface area contributed by atoms with E-state index >= 15 is 0 Å². The summed E-state index contributed by atoms with van der Waals surface area (Å²) in [6, 6.07) is 7.25. The van der Waals surface area contributed by atoms with Crippen molar-refractivity contribution in [1.82, 2.24) is 14.6 Å². The van der Waals surface area contributed by atoms with E-state index in [0.717, 1.165) is 15.8 Å². The fourth-order valence-corrected chi connectivity index (χ4v) is 6.83. The van der Waals surface area contributed by atoms with E-state index in [-0.39, 0.29) is 15.9 Å². The second-order valence-electron chi connectivity index (χ2n) is 7.18. The number of nitrogens with one attached hydrogen (secondary N) is 2. The molecule has 2 aromatic heterocycles. The fourth-order valence-electron chi connectivity index (χ4n) is 3.76. The van der Waals surface area contributed by atoms with Gasteiger partial charge in [-0.25, -0.2) is 12.8 Å². The van der Waals surface area contributed by atoms with Crippen LogP contribution in [0.3, 0.4) is 0 Å². The van der Waals surface area contributed by atoms with E-state index in [4.69, 9.17) is 0 Å². The van der Waals surface area contributed by atoms with Gasteiger partial charge in [-0.2, -0.15) is 4.31 Å². The average Bonchev–Trinajstić information content (AvgIpc) is 3.41. The van der Waals surface area contributed by atoms with Crippen molar-refractivity contribution in [2.75, 3.05) is 13.1 Å². The summed E-state index contributed by atoms with van der Waals surface area (Å²) in [4.78, 5) is 16.7. The number of thiophene rings is 1. The summed E-state index contributed by atoms with van der Waals surface area (Å²) in [6.07, 6.45) is 3.56. The number of fused-ring (bicyclic) bond motifs is 1. The molecule has 29 heavy (non-hydrogen) atoms. The van der Waals surface area contributed by atoms with Crippen molar-refractivity contribution in [2.45, 2.75) is 36.4 Å². The number of carbonyl (C=O) groups excluding carboxylic acids is 1. The smallest absolute Gasteiger partial charge is 0.253 e. The molecule has 154 valence electrons. The van der Waals surface area contributed by atoms with Crippen LogP contribution in [0, 0.1) is 12.7 Å². The molecule has 1 unspecified atom stereocenters. The van der Waals surface area contributed by atoms with E-state index in [0.29, 0.717) is 37.9 Å². The number of halogens is 1. The SMILES string of the molecule is Cc1ccc(S(=O)(=O)N2CCCC2C(=O)NCCc2c[nH]c3cc(F)ccc23)s1. The lowest BCUT2D eigenvalue weighted by atomic mass is 10.1. The molecule has 1 fully saturated rings. The van der Waals surface area contributed by atoms with Crippen LogP contribution in [0.1, 0.15) is 23.3 Å². The quantitative estimate of drug-likeness (QED) is 0.624. The standard InChI is InChI=1S/C20H22FN3O3S2/c1-13-4-7-19(28-13)29(26,27)24-10-2-3-18(24)20(25)22-9-8-14-12-23-17-11-15(21)5-6-16(14)17/h4-7,11-12,18,23H,2-3,8-10H2,1H3,(H,22,25). The molecule has 3 heterocycles. The van der Waals surface area contributed by atoms with E-state index in [1.807, 2.05) is 13.1 Å². The molecule has 1 saturated heterocycles. The molecule has 2 N–H and O–H groups in total. The molecule has 1 aliphatic rings. The Bertz CT molecular complexity index is 1150. The van der Waals surface area contributed by atoms with Crippen molar-refractivity contribution in [2.24, 2.45) is 0 Å². The minimum atomic E-state index is -3.66. The maximum absolute atomic E-state index is 13.3. The number of hydrogen-bond donors (Lipinski definition) is 2. The lowest BCUT2D eigenvalue weighted by Crippen LogP contribution is -2.46. The first-order chi connectivity index (χ1) is 13.9. The molecule has 1 amide bonds. The van der Waals surface area contributed by atoms with E-state index in [9.17, 15) is 17.6 Å². The number of aryl methyl sites for hydroxylation is 1. The number of carbonyl (C=O) groups is 1. The maximum atomic E-state index is 13.3. The Labute approximate surface area is 172 Å². The number of sulfonamides is 1. The summed E-state index contributed by atoms with van der Waals surface area (Å²) in [7, 11) is -3.66. The summed E-state index contributed by atoms with van der Waals surface area (Å²) < 4.78 is 40.7. The van der Waals surface area contributed by atoms with Crippen LogP contribution in [0.4, 0.5) is 4.39 Å². The Morgan fingerprint density at radius 3 is 2.93 bits per heavy atom. The van der Waals surface area contributed by atoms with Gasteiger partial charge in [0.15, 0.2) is 0 Å². The van der Waals surface area contributed by atoms with Crippen molar-refractivity contribution >= 4 is 38.2 Å². The monoisotopic (exact) mass is 435 g/mol. The van der Waals surface area contributed by atoms with Gasteiger partial charge in [0, 0.05) is 35.1 Å². The number of aromatic nitrogens is 1. The Morgan fingerprint density at radius 1 is 1.34 bits per heavy atom. The highest BCUT2D eigenvalue weighted by molar-refractivity contribution is 7.91. The fraction of sp³-hybridized carbons (Fsp3) is 0.350. The zero-order chi connectivity index (χ0) is 20.6. The number of aromatic amines is 1. The van der Waals surface area contributed by atoms with Crippen molar-refractivity contribution < 1.29 is 17.6 Å². The van der Waals surface area contributed by atoms with Gasteiger partial charge in [-0.15, -0.1) is 11.3 Å². The van der Waals surface area contributed by atoms with Crippen LogP contribution in [-0.4, -0.2) is 42.7 Å². The molecule has 6 nitrogen and oxygen atoms in total. The van der Waals surface area contributed by atoms with Crippen LogP contribution in [0.2, 0.25) is 0 Å². The van der Waals surface area contributed by atoms with Gasteiger partial charge in [-0.3, -0.25) is 4.79 Å². The topological polar surface area (TPSA) is 82.3 Å². The van der Waals surface area contributed by atoms with E-state index in [1.165, 1.54) is 27.8 Å². The Kier molecular flexibility index (Phi) is 5.46. The van der Waals surface area contributed by atoms with Gasteiger partial charge in [0.2, 0.25) is 5.91 Å². The lowest BCUT2D eigenvalue weighted by molar-refractivity contribution is -0.124. The predicted octanol–water partition coefficient (Wildman–Crippen LogP) is 3.19. The summed E-state index contributed by atoms with van der Waals surface area (Å²) >= 11 is 1.22. The second-order valence-corrected chi connectivity index (χ2v) is 10.6. The summed E-state index contributed by atoms with van der Waals surface area (Å²) in [5, 5.41) is 3.78. The highest BCUT2D eigenvalue weighted by atomic mass is 32.2. The first-order valence-corrected chi connectivity index (χ1v) is 11.7. The van der Waals surface area contributed by atoms with Gasteiger partial charge in [-0.05, 0) is 62.1 Å². The minimum absolute atomic E-state index is 0.273. The van der Waals surface area contributed by atoms with Gasteiger partial charge >= 0.3 is 0 Å². The zero-order valence-corrected chi connectivity index (χ0v) is 17.6. The van der Waals surface area contributed by atoms with Crippen LogP contribution >= 0.6 is 11.3 Å². The number of rotatable bonds is 6. The molecule has 1 aromatic carbocycles. The van der Waals surface area contributed by atoms with Gasteiger partial charge in [-0.1, -0.05) is 0 Å². The maximum Gasteiger partial charge on any atom is 0.253 e. The normalized spacial score (nSPS) is 17.8. The molecule has 0 bridgehead atoms. The van der Waals surface area contributed by atoms with Crippen molar-refractivity contribution in [3.05, 3.63) is 52.8 Å². The number of nitrogens with zero attached hydrogens (tertiary/aromatic N) is 1. The largest absolute Gasteiger partial charge is 0.361 e. The molecule has 3 aromatic rings. The molecule has 0 radical (unpaired) electrons. The zero-order valence-electron chi connectivity index (χ0n) is 15.9. The second kappa shape index (κ2) is 7.89. The van der Waals surface area contributed by atoms with Crippen molar-refractivity contribution in [3.8, 4) is 0 Å². The summed E-state index contributed by atoms with van der Waals surface area (Å²) in [6.45, 7) is 2.59. The van der Waals surface area contributed by atoms with E-state index in [2.05, 4.69) is 10.3 Å². The Morgan fingerprint density at radius 2 is 2.17 bits per heavy atom. The molecule has 0 saturated carbocycles. The number of benzene rings is 1. The molecule has 0 spiro atoms.